The molecule has 1 unspecified atom stereocenters. The minimum absolute atomic E-state index is 0.188. The Morgan fingerprint density at radius 1 is 1.44 bits per heavy atom. The lowest BCUT2D eigenvalue weighted by Gasteiger charge is -2.06. The van der Waals surface area contributed by atoms with Crippen molar-refractivity contribution in [1.29, 1.82) is 0 Å². The molecule has 5 nitrogen and oxygen atoms in total. The average molecular weight is 248 g/mol. The highest BCUT2D eigenvalue weighted by Gasteiger charge is 2.10. The fraction of sp³-hybridized carbons (Fsp3) is 0.231. The van der Waals surface area contributed by atoms with Crippen molar-refractivity contribution in [2.24, 2.45) is 5.73 Å². The molecule has 18 heavy (non-hydrogen) atoms. The van der Waals surface area contributed by atoms with E-state index in [9.17, 15) is 9.59 Å². The van der Waals surface area contributed by atoms with Gasteiger partial charge in [-0.25, -0.2) is 0 Å². The van der Waals surface area contributed by atoms with Gasteiger partial charge in [0.15, 0.2) is 0 Å². The molecule has 0 aromatic heterocycles. The Kier molecular flexibility index (Phi) is 5.07. The van der Waals surface area contributed by atoms with E-state index in [1.165, 1.54) is 6.08 Å². The van der Waals surface area contributed by atoms with Crippen molar-refractivity contribution in [2.45, 2.75) is 13.0 Å². The van der Waals surface area contributed by atoms with Crippen LogP contribution in [0.25, 0.3) is 6.08 Å². The fourth-order valence-corrected chi connectivity index (χ4v) is 1.30. The smallest absolute Gasteiger partial charge is 0.248 e. The zero-order valence-corrected chi connectivity index (χ0v) is 10.1. The summed E-state index contributed by atoms with van der Waals surface area (Å²) in [5.41, 5.74) is 6.84. The van der Waals surface area contributed by atoms with E-state index in [2.05, 4.69) is 5.32 Å². The Labute approximate surface area is 105 Å². The maximum absolute atomic E-state index is 11.4. The lowest BCUT2D eigenvalue weighted by atomic mass is 10.1. The van der Waals surface area contributed by atoms with Crippen molar-refractivity contribution in [3.8, 4) is 0 Å². The van der Waals surface area contributed by atoms with Crippen LogP contribution >= 0.6 is 0 Å². The van der Waals surface area contributed by atoms with Crippen LogP contribution in [0.3, 0.4) is 0 Å². The number of hydrogen-bond acceptors (Lipinski definition) is 3. The highest BCUT2D eigenvalue weighted by Crippen LogP contribution is 2.08. The third kappa shape index (κ3) is 4.39. The maximum Gasteiger partial charge on any atom is 0.248 e. The van der Waals surface area contributed by atoms with Crippen molar-refractivity contribution in [3.63, 3.8) is 0 Å². The van der Waals surface area contributed by atoms with Gasteiger partial charge in [0, 0.05) is 6.08 Å². The Bertz CT molecular complexity index is 469. The van der Waals surface area contributed by atoms with Gasteiger partial charge in [0.05, 0.1) is 6.54 Å². The Morgan fingerprint density at radius 2 is 2.11 bits per heavy atom. The van der Waals surface area contributed by atoms with Crippen molar-refractivity contribution in [3.05, 3.63) is 41.5 Å². The van der Waals surface area contributed by atoms with Crippen LogP contribution in [0.15, 0.2) is 30.3 Å². The van der Waals surface area contributed by atoms with Crippen LogP contribution in [0.4, 0.5) is 0 Å². The van der Waals surface area contributed by atoms with Crippen molar-refractivity contribution in [2.75, 3.05) is 6.54 Å². The van der Waals surface area contributed by atoms with Gasteiger partial charge >= 0.3 is 0 Å². The molecule has 2 amide bonds. The van der Waals surface area contributed by atoms with Crippen LogP contribution < -0.4 is 11.1 Å². The van der Waals surface area contributed by atoms with Crippen LogP contribution in [-0.4, -0.2) is 29.6 Å². The highest BCUT2D eigenvalue weighted by molar-refractivity contribution is 5.92. The first-order valence-electron chi connectivity index (χ1n) is 5.49. The molecule has 0 aliphatic carbocycles. The lowest BCUT2D eigenvalue weighted by Crippen LogP contribution is -2.39. The van der Waals surface area contributed by atoms with Gasteiger partial charge in [0.25, 0.3) is 0 Å². The quantitative estimate of drug-likeness (QED) is 0.639. The molecule has 4 N–H and O–H groups in total. The maximum atomic E-state index is 11.4. The van der Waals surface area contributed by atoms with Gasteiger partial charge in [0.1, 0.15) is 6.10 Å². The molecule has 5 heteroatoms. The molecule has 0 bridgehead atoms. The summed E-state index contributed by atoms with van der Waals surface area (Å²) in [6.07, 6.45) is 1.65. The predicted molar refractivity (Wildman–Crippen MR) is 68.4 cm³/mol. The minimum Gasteiger partial charge on any atom is -0.381 e. The summed E-state index contributed by atoms with van der Waals surface area (Å²) in [7, 11) is 0. The molecule has 0 aliphatic heterocycles. The molecule has 0 saturated heterocycles. The molecule has 1 rings (SSSR count). The van der Waals surface area contributed by atoms with E-state index in [0.29, 0.717) is 0 Å². The lowest BCUT2D eigenvalue weighted by molar-refractivity contribution is -0.126. The summed E-state index contributed by atoms with van der Waals surface area (Å²) in [6.45, 7) is 1.75. The topological polar surface area (TPSA) is 92.4 Å². The number of nitrogens with one attached hydrogen (secondary N) is 1. The molecule has 1 aromatic carbocycles. The molecule has 0 saturated carbocycles. The first kappa shape index (κ1) is 13.9. The third-order valence-electron chi connectivity index (χ3n) is 2.40. The molecule has 0 aliphatic rings. The summed E-state index contributed by atoms with van der Waals surface area (Å²) in [5, 5.41) is 11.5. The van der Waals surface area contributed by atoms with Gasteiger partial charge in [-0.2, -0.15) is 0 Å². The number of primary amides is 1. The number of hydrogen-bond donors (Lipinski definition) is 3. The summed E-state index contributed by atoms with van der Waals surface area (Å²) < 4.78 is 0. The van der Waals surface area contributed by atoms with Crippen LogP contribution in [0.1, 0.15) is 11.1 Å². The van der Waals surface area contributed by atoms with Crippen LogP contribution in [0.5, 0.6) is 0 Å². The van der Waals surface area contributed by atoms with Gasteiger partial charge in [-0.15, -0.1) is 0 Å². The van der Waals surface area contributed by atoms with Gasteiger partial charge in [0.2, 0.25) is 11.8 Å². The number of amides is 2. The first-order chi connectivity index (χ1) is 8.50. The summed E-state index contributed by atoms with van der Waals surface area (Å²) in [4.78, 5) is 21.9. The second kappa shape index (κ2) is 6.56. The van der Waals surface area contributed by atoms with E-state index >= 15 is 0 Å². The molecule has 0 heterocycles. The molecule has 1 atom stereocenters. The van der Waals surface area contributed by atoms with E-state index in [1.807, 2.05) is 31.2 Å². The Morgan fingerprint density at radius 3 is 2.72 bits per heavy atom. The molecular formula is C13H16N2O3. The number of rotatable bonds is 5. The Balaban J connectivity index is 2.50. The first-order valence-corrected chi connectivity index (χ1v) is 5.49. The zero-order valence-electron chi connectivity index (χ0n) is 10.1. The molecule has 0 fully saturated rings. The Hall–Kier alpha value is -2.14. The fourth-order valence-electron chi connectivity index (χ4n) is 1.30. The van der Waals surface area contributed by atoms with Crippen LogP contribution in [0, 0.1) is 6.92 Å². The number of aliphatic hydroxyl groups excluding tert-OH is 1. The SMILES string of the molecule is Cc1ccccc1/C=C/C(=O)NCC(O)C(N)=O. The van der Waals surface area contributed by atoms with E-state index in [0.717, 1.165) is 11.1 Å². The molecule has 96 valence electrons. The summed E-state index contributed by atoms with van der Waals surface area (Å²) in [5.74, 6) is -1.25. The molecule has 0 radical (unpaired) electrons. The van der Waals surface area contributed by atoms with Crippen LogP contribution in [0.2, 0.25) is 0 Å². The zero-order chi connectivity index (χ0) is 13.5. The van der Waals surface area contributed by atoms with Crippen molar-refractivity contribution in [1.82, 2.24) is 5.32 Å². The van der Waals surface area contributed by atoms with Crippen molar-refractivity contribution < 1.29 is 14.7 Å². The third-order valence-corrected chi connectivity index (χ3v) is 2.40. The minimum atomic E-state index is -1.36. The number of aryl methyl sites for hydroxylation is 1. The number of carbonyl (C=O) groups is 2. The van der Waals surface area contributed by atoms with Gasteiger partial charge in [-0.1, -0.05) is 24.3 Å². The largest absolute Gasteiger partial charge is 0.381 e. The second-order valence-corrected chi connectivity index (χ2v) is 3.85. The summed E-state index contributed by atoms with van der Waals surface area (Å²) in [6, 6.07) is 7.61. The summed E-state index contributed by atoms with van der Waals surface area (Å²) >= 11 is 0. The average Bonchev–Trinajstić information content (AvgIpc) is 2.34. The predicted octanol–water partition coefficient (Wildman–Crippen LogP) is -0.0294. The molecule has 1 aromatic rings. The van der Waals surface area contributed by atoms with Gasteiger partial charge < -0.3 is 16.2 Å². The standard InChI is InChI=1S/C13H16N2O3/c1-9-4-2-3-5-10(9)6-7-12(17)15-8-11(16)13(14)18/h2-7,11,16H,8H2,1H3,(H2,14,18)(H,15,17)/b7-6+. The van der Waals surface area contributed by atoms with E-state index in [-0.39, 0.29) is 6.54 Å². The number of aliphatic hydroxyl groups is 1. The van der Waals surface area contributed by atoms with E-state index < -0.39 is 17.9 Å². The van der Waals surface area contributed by atoms with Gasteiger partial charge in [-0.05, 0) is 24.1 Å². The van der Waals surface area contributed by atoms with Gasteiger partial charge in [-0.3, -0.25) is 9.59 Å². The normalized spacial score (nSPS) is 12.3. The highest BCUT2D eigenvalue weighted by atomic mass is 16.3. The van der Waals surface area contributed by atoms with E-state index in [1.54, 1.807) is 6.08 Å². The number of carbonyl (C=O) groups excluding carboxylic acids is 2. The van der Waals surface area contributed by atoms with Crippen LogP contribution in [-0.2, 0) is 9.59 Å². The number of benzene rings is 1. The molecular weight excluding hydrogens is 232 g/mol. The molecule has 0 spiro atoms. The monoisotopic (exact) mass is 248 g/mol. The number of nitrogens with two attached hydrogens (primary N) is 1. The van der Waals surface area contributed by atoms with E-state index in [4.69, 9.17) is 10.8 Å². The van der Waals surface area contributed by atoms with Crippen molar-refractivity contribution >= 4 is 17.9 Å². The second-order valence-electron chi connectivity index (χ2n) is 3.85.